The van der Waals surface area contributed by atoms with E-state index < -0.39 is 16.0 Å². The van der Waals surface area contributed by atoms with Crippen LogP contribution in [0, 0.1) is 0 Å². The van der Waals surface area contributed by atoms with E-state index >= 15 is 0 Å². The molecular weight excluding hydrogens is 266 g/mol. The Morgan fingerprint density at radius 2 is 1.95 bits per heavy atom. The van der Waals surface area contributed by atoms with E-state index in [0.29, 0.717) is 0 Å². The number of rotatable bonds is 6. The maximum absolute atomic E-state index is 12.4. The van der Waals surface area contributed by atoms with Gasteiger partial charge in [0.25, 0.3) is 0 Å². The van der Waals surface area contributed by atoms with Gasteiger partial charge in [0.05, 0.1) is 10.5 Å². The number of nitrogens with zero attached hydrogens (tertiary/aromatic N) is 1. The molecule has 0 heterocycles. The summed E-state index contributed by atoms with van der Waals surface area (Å²) >= 11 is 0. The number of benzene rings is 1. The lowest BCUT2D eigenvalue weighted by Gasteiger charge is -2.24. The predicted octanol–water partition coefficient (Wildman–Crippen LogP) is 2.19. The normalized spacial score (nSPS) is 13.5. The molecule has 0 aromatic heterocycles. The molecule has 0 amide bonds. The first-order valence-electron chi connectivity index (χ1n) is 6.12. The molecule has 0 aliphatic rings. The van der Waals surface area contributed by atoms with Crippen LogP contribution in [0.1, 0.15) is 37.0 Å². The van der Waals surface area contributed by atoms with Gasteiger partial charge in [0.2, 0.25) is 10.0 Å². The van der Waals surface area contributed by atoms with Crippen molar-refractivity contribution in [2.45, 2.75) is 37.6 Å². The van der Waals surface area contributed by atoms with Crippen LogP contribution in [0.4, 0.5) is 0 Å². The molecule has 0 saturated heterocycles. The van der Waals surface area contributed by atoms with Crippen molar-refractivity contribution in [3.05, 3.63) is 29.8 Å². The third-order valence-electron chi connectivity index (χ3n) is 3.10. The van der Waals surface area contributed by atoms with Crippen molar-refractivity contribution < 1.29 is 18.3 Å². The first-order valence-corrected chi connectivity index (χ1v) is 7.56. The van der Waals surface area contributed by atoms with Crippen molar-refractivity contribution >= 4 is 16.0 Å². The average molecular weight is 285 g/mol. The van der Waals surface area contributed by atoms with Crippen LogP contribution in [0.3, 0.4) is 0 Å². The molecule has 0 aliphatic heterocycles. The van der Waals surface area contributed by atoms with Crippen molar-refractivity contribution in [3.8, 4) is 0 Å². The number of carboxylic acids is 1. The van der Waals surface area contributed by atoms with E-state index in [9.17, 15) is 13.2 Å². The molecule has 6 heteroatoms. The molecule has 0 bridgehead atoms. The molecule has 0 saturated carbocycles. The molecule has 0 aliphatic carbocycles. The summed E-state index contributed by atoms with van der Waals surface area (Å²) in [4.78, 5) is 10.9. The molecule has 0 radical (unpaired) electrons. The van der Waals surface area contributed by atoms with Crippen LogP contribution in [0.2, 0.25) is 0 Å². The lowest BCUT2D eigenvalue weighted by atomic mass is 10.2. The Labute approximate surface area is 113 Å². The lowest BCUT2D eigenvalue weighted by molar-refractivity contribution is 0.0692. The van der Waals surface area contributed by atoms with E-state index in [0.717, 1.165) is 12.8 Å². The van der Waals surface area contributed by atoms with Crippen molar-refractivity contribution in [2.24, 2.45) is 0 Å². The predicted molar refractivity (Wildman–Crippen MR) is 72.7 cm³/mol. The number of carboxylic acid groups (broad SMARTS) is 1. The summed E-state index contributed by atoms with van der Waals surface area (Å²) in [6, 6.07) is 5.49. The summed E-state index contributed by atoms with van der Waals surface area (Å²) in [5.74, 6) is -1.24. The second-order valence-corrected chi connectivity index (χ2v) is 6.43. The SMILES string of the molecule is CCC[C@@H](C)N(C)S(=O)(=O)c1ccccc1C(=O)O. The second-order valence-electron chi connectivity index (χ2n) is 4.46. The Bertz CT molecular complexity index is 554. The fourth-order valence-electron chi connectivity index (χ4n) is 1.86. The largest absolute Gasteiger partial charge is 0.478 e. The summed E-state index contributed by atoms with van der Waals surface area (Å²) in [7, 11) is -2.30. The van der Waals surface area contributed by atoms with Gasteiger partial charge in [-0.1, -0.05) is 25.5 Å². The Hall–Kier alpha value is -1.40. The van der Waals surface area contributed by atoms with Crippen LogP contribution in [0.15, 0.2) is 29.2 Å². The molecule has 5 nitrogen and oxygen atoms in total. The maximum Gasteiger partial charge on any atom is 0.337 e. The van der Waals surface area contributed by atoms with Gasteiger partial charge in [0, 0.05) is 13.1 Å². The van der Waals surface area contributed by atoms with Gasteiger partial charge in [-0.25, -0.2) is 13.2 Å². The monoisotopic (exact) mass is 285 g/mol. The standard InChI is InChI=1S/C13H19NO4S/c1-4-7-10(2)14(3)19(17,18)12-9-6-5-8-11(12)13(15)16/h5-6,8-10H,4,7H2,1-3H3,(H,15,16)/t10-/m1/s1. The molecule has 0 unspecified atom stereocenters. The Balaban J connectivity index is 3.24. The van der Waals surface area contributed by atoms with E-state index in [1.807, 2.05) is 13.8 Å². The van der Waals surface area contributed by atoms with E-state index in [2.05, 4.69) is 0 Å². The molecule has 1 aromatic carbocycles. The maximum atomic E-state index is 12.4. The van der Waals surface area contributed by atoms with Crippen LogP contribution in [0.25, 0.3) is 0 Å². The molecular formula is C13H19NO4S. The number of aromatic carboxylic acids is 1. The molecule has 1 atom stereocenters. The van der Waals surface area contributed by atoms with Crippen molar-refractivity contribution in [2.75, 3.05) is 7.05 Å². The highest BCUT2D eigenvalue weighted by Crippen LogP contribution is 2.22. The molecule has 0 spiro atoms. The highest BCUT2D eigenvalue weighted by molar-refractivity contribution is 7.89. The van der Waals surface area contributed by atoms with Crippen LogP contribution in [-0.4, -0.2) is 36.9 Å². The van der Waals surface area contributed by atoms with Crippen LogP contribution in [-0.2, 0) is 10.0 Å². The Morgan fingerprint density at radius 3 is 2.47 bits per heavy atom. The molecule has 1 rings (SSSR count). The van der Waals surface area contributed by atoms with E-state index in [1.165, 1.54) is 35.6 Å². The van der Waals surface area contributed by atoms with Gasteiger partial charge in [-0.3, -0.25) is 0 Å². The number of hydrogen-bond donors (Lipinski definition) is 1. The number of carbonyl (C=O) groups is 1. The minimum absolute atomic E-state index is 0.159. The quantitative estimate of drug-likeness (QED) is 0.869. The van der Waals surface area contributed by atoms with Gasteiger partial charge in [-0.2, -0.15) is 4.31 Å². The highest BCUT2D eigenvalue weighted by Gasteiger charge is 2.28. The zero-order valence-electron chi connectivity index (χ0n) is 11.3. The smallest absolute Gasteiger partial charge is 0.337 e. The topological polar surface area (TPSA) is 74.7 Å². The lowest BCUT2D eigenvalue weighted by Crippen LogP contribution is -2.35. The minimum Gasteiger partial charge on any atom is -0.478 e. The fraction of sp³-hybridized carbons (Fsp3) is 0.462. The van der Waals surface area contributed by atoms with Crippen molar-refractivity contribution in [1.29, 1.82) is 0 Å². The minimum atomic E-state index is -3.78. The average Bonchev–Trinajstić information content (AvgIpc) is 2.38. The first-order chi connectivity index (χ1) is 8.82. The zero-order valence-corrected chi connectivity index (χ0v) is 12.1. The fourth-order valence-corrected chi connectivity index (χ4v) is 3.43. The number of hydrogen-bond acceptors (Lipinski definition) is 3. The van der Waals surface area contributed by atoms with Gasteiger partial charge in [0.15, 0.2) is 0 Å². The van der Waals surface area contributed by atoms with Gasteiger partial charge in [-0.15, -0.1) is 0 Å². The van der Waals surface area contributed by atoms with E-state index in [-0.39, 0.29) is 16.5 Å². The molecule has 1 N–H and O–H groups in total. The third-order valence-corrected chi connectivity index (χ3v) is 5.13. The number of sulfonamides is 1. The van der Waals surface area contributed by atoms with Crippen molar-refractivity contribution in [1.82, 2.24) is 4.31 Å². The van der Waals surface area contributed by atoms with Crippen LogP contribution >= 0.6 is 0 Å². The summed E-state index contributed by atoms with van der Waals surface area (Å²) in [6.07, 6.45) is 1.59. The third kappa shape index (κ3) is 3.33. The summed E-state index contributed by atoms with van der Waals surface area (Å²) in [5, 5.41) is 9.07. The highest BCUT2D eigenvalue weighted by atomic mass is 32.2. The summed E-state index contributed by atoms with van der Waals surface area (Å²) in [6.45, 7) is 3.78. The summed E-state index contributed by atoms with van der Waals surface area (Å²) < 4.78 is 26.1. The molecule has 106 valence electrons. The van der Waals surface area contributed by atoms with E-state index in [4.69, 9.17) is 5.11 Å². The molecule has 19 heavy (non-hydrogen) atoms. The van der Waals surface area contributed by atoms with Crippen LogP contribution in [0.5, 0.6) is 0 Å². The van der Waals surface area contributed by atoms with Gasteiger partial charge in [-0.05, 0) is 25.5 Å². The van der Waals surface area contributed by atoms with Crippen LogP contribution < -0.4 is 0 Å². The van der Waals surface area contributed by atoms with Gasteiger partial charge >= 0.3 is 5.97 Å². The van der Waals surface area contributed by atoms with E-state index in [1.54, 1.807) is 0 Å². The van der Waals surface area contributed by atoms with Gasteiger partial charge in [0.1, 0.15) is 0 Å². The zero-order chi connectivity index (χ0) is 14.6. The first kappa shape index (κ1) is 15.7. The summed E-state index contributed by atoms with van der Waals surface area (Å²) in [5.41, 5.74) is -0.196. The van der Waals surface area contributed by atoms with Crippen molar-refractivity contribution in [3.63, 3.8) is 0 Å². The van der Waals surface area contributed by atoms with Gasteiger partial charge < -0.3 is 5.11 Å². The second kappa shape index (κ2) is 6.16. The molecule has 0 fully saturated rings. The Morgan fingerprint density at radius 1 is 1.37 bits per heavy atom. The Kier molecular flexibility index (Phi) is 5.08. The molecule has 1 aromatic rings.